The van der Waals surface area contributed by atoms with E-state index in [4.69, 9.17) is 0 Å². The first-order chi connectivity index (χ1) is 8.26. The smallest absolute Gasteiger partial charge is 0.127 e. The molecule has 0 radical (unpaired) electrons. The summed E-state index contributed by atoms with van der Waals surface area (Å²) in [5, 5.41) is 12.7. The molecule has 2 atom stereocenters. The summed E-state index contributed by atoms with van der Waals surface area (Å²) in [5.41, 5.74) is 1.15. The van der Waals surface area contributed by atoms with Crippen molar-refractivity contribution in [1.82, 2.24) is 4.98 Å². The maximum absolute atomic E-state index is 9.47. The number of pyridine rings is 1. The Morgan fingerprint density at radius 1 is 1.59 bits per heavy atom. The van der Waals surface area contributed by atoms with Crippen LogP contribution in [0.4, 0.5) is 11.5 Å². The SMILES string of the molecule is CCNc1cc(N2CCC(C)C2CO)ccn1. The van der Waals surface area contributed by atoms with Crippen molar-refractivity contribution in [3.05, 3.63) is 18.3 Å². The number of aliphatic hydroxyl groups is 1. The van der Waals surface area contributed by atoms with E-state index in [1.165, 1.54) is 0 Å². The monoisotopic (exact) mass is 235 g/mol. The summed E-state index contributed by atoms with van der Waals surface area (Å²) in [7, 11) is 0. The average Bonchev–Trinajstić information content (AvgIpc) is 2.71. The van der Waals surface area contributed by atoms with E-state index in [9.17, 15) is 5.11 Å². The number of anilines is 2. The van der Waals surface area contributed by atoms with Crippen LogP contribution in [-0.4, -0.2) is 35.8 Å². The number of rotatable bonds is 4. The lowest BCUT2D eigenvalue weighted by Gasteiger charge is -2.27. The van der Waals surface area contributed by atoms with Gasteiger partial charge < -0.3 is 15.3 Å². The second-order valence-corrected chi connectivity index (χ2v) is 4.64. The van der Waals surface area contributed by atoms with Crippen molar-refractivity contribution in [3.8, 4) is 0 Å². The summed E-state index contributed by atoms with van der Waals surface area (Å²) >= 11 is 0. The van der Waals surface area contributed by atoms with Gasteiger partial charge in [-0.1, -0.05) is 6.92 Å². The van der Waals surface area contributed by atoms with Gasteiger partial charge in [0.15, 0.2) is 0 Å². The van der Waals surface area contributed by atoms with Crippen molar-refractivity contribution in [2.75, 3.05) is 29.9 Å². The van der Waals surface area contributed by atoms with E-state index in [-0.39, 0.29) is 12.6 Å². The standard InChI is InChI=1S/C13H21N3O/c1-3-14-13-8-11(4-6-15-13)16-7-5-10(2)12(16)9-17/h4,6,8,10,12,17H,3,5,7,9H2,1-2H3,(H,14,15). The Labute approximate surface area is 103 Å². The van der Waals surface area contributed by atoms with Crippen LogP contribution in [0.25, 0.3) is 0 Å². The molecule has 0 aliphatic carbocycles. The summed E-state index contributed by atoms with van der Waals surface area (Å²) in [4.78, 5) is 6.56. The molecule has 2 N–H and O–H groups in total. The van der Waals surface area contributed by atoms with Gasteiger partial charge in [-0.2, -0.15) is 0 Å². The first-order valence-corrected chi connectivity index (χ1v) is 6.33. The minimum absolute atomic E-state index is 0.222. The average molecular weight is 235 g/mol. The number of aromatic nitrogens is 1. The van der Waals surface area contributed by atoms with Gasteiger partial charge >= 0.3 is 0 Å². The van der Waals surface area contributed by atoms with Crippen molar-refractivity contribution in [3.63, 3.8) is 0 Å². The van der Waals surface area contributed by atoms with E-state index in [0.29, 0.717) is 5.92 Å². The van der Waals surface area contributed by atoms with Gasteiger partial charge in [0.25, 0.3) is 0 Å². The van der Waals surface area contributed by atoms with Crippen LogP contribution >= 0.6 is 0 Å². The normalized spacial score (nSPS) is 24.1. The number of nitrogens with one attached hydrogen (secondary N) is 1. The van der Waals surface area contributed by atoms with Crippen molar-refractivity contribution < 1.29 is 5.11 Å². The van der Waals surface area contributed by atoms with Gasteiger partial charge in [0.05, 0.1) is 12.6 Å². The topological polar surface area (TPSA) is 48.4 Å². The highest BCUT2D eigenvalue weighted by molar-refractivity contribution is 5.55. The Morgan fingerprint density at radius 2 is 2.41 bits per heavy atom. The summed E-state index contributed by atoms with van der Waals surface area (Å²) in [6.07, 6.45) is 2.97. The predicted molar refractivity (Wildman–Crippen MR) is 70.4 cm³/mol. The number of hydrogen-bond donors (Lipinski definition) is 2. The van der Waals surface area contributed by atoms with Gasteiger partial charge in [-0.05, 0) is 25.3 Å². The van der Waals surface area contributed by atoms with E-state index < -0.39 is 0 Å². The molecule has 2 heterocycles. The van der Waals surface area contributed by atoms with Crippen molar-refractivity contribution in [2.45, 2.75) is 26.3 Å². The van der Waals surface area contributed by atoms with E-state index in [1.54, 1.807) is 0 Å². The van der Waals surface area contributed by atoms with Crippen molar-refractivity contribution in [1.29, 1.82) is 0 Å². The zero-order valence-electron chi connectivity index (χ0n) is 10.6. The minimum atomic E-state index is 0.222. The fraction of sp³-hybridized carbons (Fsp3) is 0.615. The second kappa shape index (κ2) is 5.36. The molecule has 0 bridgehead atoms. The lowest BCUT2D eigenvalue weighted by Crippen LogP contribution is -2.35. The molecule has 0 aromatic carbocycles. The number of hydrogen-bond acceptors (Lipinski definition) is 4. The Balaban J connectivity index is 2.18. The Morgan fingerprint density at radius 3 is 3.12 bits per heavy atom. The van der Waals surface area contributed by atoms with Gasteiger partial charge in [-0.3, -0.25) is 0 Å². The molecule has 0 spiro atoms. The van der Waals surface area contributed by atoms with Crippen LogP contribution in [-0.2, 0) is 0 Å². The fourth-order valence-corrected chi connectivity index (χ4v) is 2.48. The molecular formula is C13H21N3O. The van der Waals surface area contributed by atoms with Crippen LogP contribution < -0.4 is 10.2 Å². The molecule has 2 unspecified atom stereocenters. The third-order valence-corrected chi connectivity index (χ3v) is 3.50. The Bertz CT molecular complexity index is 369. The molecule has 94 valence electrons. The maximum Gasteiger partial charge on any atom is 0.127 e. The number of aliphatic hydroxyl groups excluding tert-OH is 1. The fourth-order valence-electron chi connectivity index (χ4n) is 2.48. The van der Waals surface area contributed by atoms with Crippen LogP contribution in [0.3, 0.4) is 0 Å². The van der Waals surface area contributed by atoms with E-state index in [0.717, 1.165) is 31.0 Å². The highest BCUT2D eigenvalue weighted by Crippen LogP contribution is 2.30. The predicted octanol–water partition coefficient (Wildman–Crippen LogP) is 1.72. The molecule has 1 aliphatic heterocycles. The number of nitrogens with zero attached hydrogens (tertiary/aromatic N) is 2. The molecule has 1 aliphatic rings. The largest absolute Gasteiger partial charge is 0.394 e. The molecule has 4 nitrogen and oxygen atoms in total. The summed E-state index contributed by atoms with van der Waals surface area (Å²) in [5.74, 6) is 1.46. The van der Waals surface area contributed by atoms with Crippen LogP contribution in [0.1, 0.15) is 20.3 Å². The van der Waals surface area contributed by atoms with E-state index in [1.807, 2.05) is 12.3 Å². The van der Waals surface area contributed by atoms with Gasteiger partial charge in [0.2, 0.25) is 0 Å². The van der Waals surface area contributed by atoms with Crippen molar-refractivity contribution >= 4 is 11.5 Å². The zero-order chi connectivity index (χ0) is 12.3. The molecule has 2 rings (SSSR count). The second-order valence-electron chi connectivity index (χ2n) is 4.64. The molecule has 1 saturated heterocycles. The summed E-state index contributed by atoms with van der Waals surface area (Å²) < 4.78 is 0. The van der Waals surface area contributed by atoms with E-state index >= 15 is 0 Å². The molecule has 17 heavy (non-hydrogen) atoms. The molecule has 0 amide bonds. The summed E-state index contributed by atoms with van der Waals surface area (Å²) in [6.45, 7) is 6.37. The molecular weight excluding hydrogens is 214 g/mol. The van der Waals surface area contributed by atoms with Crippen LogP contribution in [0.15, 0.2) is 18.3 Å². The molecule has 1 aromatic heterocycles. The van der Waals surface area contributed by atoms with Gasteiger partial charge in [0.1, 0.15) is 5.82 Å². The van der Waals surface area contributed by atoms with Crippen molar-refractivity contribution in [2.24, 2.45) is 5.92 Å². The first kappa shape index (κ1) is 12.2. The maximum atomic E-state index is 9.47. The molecule has 0 saturated carbocycles. The minimum Gasteiger partial charge on any atom is -0.394 e. The Hall–Kier alpha value is -1.29. The molecule has 1 fully saturated rings. The van der Waals surface area contributed by atoms with Gasteiger partial charge in [0, 0.05) is 31.0 Å². The highest BCUT2D eigenvalue weighted by Gasteiger charge is 2.30. The lowest BCUT2D eigenvalue weighted by molar-refractivity contribution is 0.245. The van der Waals surface area contributed by atoms with Crippen LogP contribution in [0.2, 0.25) is 0 Å². The van der Waals surface area contributed by atoms with Crippen LogP contribution in [0.5, 0.6) is 0 Å². The zero-order valence-corrected chi connectivity index (χ0v) is 10.6. The summed E-state index contributed by atoms with van der Waals surface area (Å²) in [6, 6.07) is 4.32. The van der Waals surface area contributed by atoms with Crippen LogP contribution in [0, 0.1) is 5.92 Å². The molecule has 1 aromatic rings. The highest BCUT2D eigenvalue weighted by atomic mass is 16.3. The molecule has 4 heteroatoms. The third-order valence-electron chi connectivity index (χ3n) is 3.50. The van der Waals surface area contributed by atoms with Gasteiger partial charge in [-0.25, -0.2) is 4.98 Å². The van der Waals surface area contributed by atoms with Gasteiger partial charge in [-0.15, -0.1) is 0 Å². The first-order valence-electron chi connectivity index (χ1n) is 6.33. The lowest BCUT2D eigenvalue weighted by atomic mass is 10.0. The van der Waals surface area contributed by atoms with E-state index in [2.05, 4.69) is 35.1 Å². The Kier molecular flexibility index (Phi) is 3.84. The third kappa shape index (κ3) is 2.52. The quantitative estimate of drug-likeness (QED) is 0.834.